The second-order valence-electron chi connectivity index (χ2n) is 18.9. The predicted octanol–water partition coefficient (Wildman–Crippen LogP) is -0.292. The number of carbonyl (C=O) groups excluding carboxylic acids is 1. The van der Waals surface area contributed by atoms with Gasteiger partial charge in [0, 0.05) is 30.6 Å². The van der Waals surface area contributed by atoms with Gasteiger partial charge in [0.05, 0.1) is 37.1 Å². The molecule has 0 aromatic carbocycles. The fraction of sp³-hybridized carbons (Fsp3) is 0.881. The van der Waals surface area contributed by atoms with Crippen LogP contribution in [0.4, 0.5) is 0 Å². The Morgan fingerprint density at radius 3 is 2.20 bits per heavy atom. The van der Waals surface area contributed by atoms with Crippen LogP contribution in [0.3, 0.4) is 0 Å². The third kappa shape index (κ3) is 7.67. The van der Waals surface area contributed by atoms with E-state index in [0.29, 0.717) is 24.7 Å². The van der Waals surface area contributed by atoms with Gasteiger partial charge in [-0.05, 0) is 87.0 Å². The molecule has 334 valence electrons. The van der Waals surface area contributed by atoms with Gasteiger partial charge in [0.1, 0.15) is 61.5 Å². The highest BCUT2D eigenvalue weighted by atomic mass is 16.7. The molecule has 4 heterocycles. The molecule has 8 aliphatic rings. The van der Waals surface area contributed by atoms with Crippen molar-refractivity contribution in [1.82, 2.24) is 0 Å². The van der Waals surface area contributed by atoms with E-state index in [9.17, 15) is 45.6 Å². The molecule has 3 saturated heterocycles. The number of methoxy groups -OCH3 is 1. The highest BCUT2D eigenvalue weighted by Crippen LogP contribution is 2.68. The summed E-state index contributed by atoms with van der Waals surface area (Å²) < 4.78 is 46.9. The van der Waals surface area contributed by atoms with Crippen LogP contribution in [-0.2, 0) is 42.7 Å². The number of rotatable bonds is 10. The third-order valence-electron chi connectivity index (χ3n) is 15.9. The Kier molecular flexibility index (Phi) is 12.5. The Morgan fingerprint density at radius 1 is 0.797 bits per heavy atom. The van der Waals surface area contributed by atoms with Crippen LogP contribution in [0, 0.1) is 28.6 Å². The molecule has 8 N–H and O–H groups in total. The summed E-state index contributed by atoms with van der Waals surface area (Å²) in [5.74, 6) is 0.663. The highest BCUT2D eigenvalue weighted by Gasteiger charge is 2.66. The number of esters is 1. The average molecular weight is 841 g/mol. The summed E-state index contributed by atoms with van der Waals surface area (Å²) in [7, 11) is 1.55. The Hall–Kier alpha value is -1.65. The summed E-state index contributed by atoms with van der Waals surface area (Å²) in [5.41, 5.74) is 0.780. The molecule has 3 saturated carbocycles. The van der Waals surface area contributed by atoms with Crippen molar-refractivity contribution in [2.24, 2.45) is 28.6 Å². The maximum absolute atomic E-state index is 12.5. The molecule has 0 aromatic rings. The molecule has 0 bridgehead atoms. The van der Waals surface area contributed by atoms with Crippen molar-refractivity contribution < 1.29 is 83.5 Å². The molecule has 59 heavy (non-hydrogen) atoms. The summed E-state index contributed by atoms with van der Waals surface area (Å²) in [6.07, 6.45) is -6.60. The van der Waals surface area contributed by atoms with E-state index < -0.39 is 97.0 Å². The second kappa shape index (κ2) is 16.8. The normalized spacial score (nSPS) is 52.5. The molecule has 4 aliphatic heterocycles. The molecule has 0 unspecified atom stereocenters. The summed E-state index contributed by atoms with van der Waals surface area (Å²) >= 11 is 0. The lowest BCUT2D eigenvalue weighted by atomic mass is 9.43. The van der Waals surface area contributed by atoms with E-state index in [2.05, 4.69) is 19.9 Å². The second-order valence-corrected chi connectivity index (χ2v) is 18.9. The van der Waals surface area contributed by atoms with Crippen LogP contribution in [0.1, 0.15) is 78.6 Å². The van der Waals surface area contributed by atoms with Gasteiger partial charge in [-0.25, -0.2) is 4.79 Å². The van der Waals surface area contributed by atoms with E-state index in [1.165, 1.54) is 0 Å². The maximum Gasteiger partial charge on any atom is 0.331 e. The smallest absolute Gasteiger partial charge is 0.331 e. The molecule has 8 rings (SSSR count). The number of ether oxygens (including phenoxy) is 8. The van der Waals surface area contributed by atoms with Gasteiger partial charge in [-0.1, -0.05) is 19.9 Å². The van der Waals surface area contributed by atoms with Gasteiger partial charge in [-0.15, -0.1) is 0 Å². The zero-order valence-corrected chi connectivity index (χ0v) is 34.3. The van der Waals surface area contributed by atoms with E-state index in [4.69, 9.17) is 37.9 Å². The van der Waals surface area contributed by atoms with Gasteiger partial charge >= 0.3 is 5.97 Å². The summed E-state index contributed by atoms with van der Waals surface area (Å²) in [6, 6.07) is 0. The lowest BCUT2D eigenvalue weighted by Gasteiger charge is -2.63. The lowest BCUT2D eigenvalue weighted by Crippen LogP contribution is -2.62. The van der Waals surface area contributed by atoms with Crippen LogP contribution in [0.15, 0.2) is 23.3 Å². The van der Waals surface area contributed by atoms with Gasteiger partial charge < -0.3 is 78.7 Å². The van der Waals surface area contributed by atoms with Crippen LogP contribution in [0.5, 0.6) is 0 Å². The van der Waals surface area contributed by atoms with Gasteiger partial charge in [0.2, 0.25) is 0 Å². The van der Waals surface area contributed by atoms with Crippen molar-refractivity contribution in [2.45, 2.75) is 176 Å². The van der Waals surface area contributed by atoms with E-state index >= 15 is 0 Å². The molecule has 21 atom stereocenters. The highest BCUT2D eigenvalue weighted by molar-refractivity contribution is 5.86. The number of carbonyl (C=O) groups is 1. The fourth-order valence-corrected chi connectivity index (χ4v) is 12.3. The predicted molar refractivity (Wildman–Crippen MR) is 202 cm³/mol. The number of hydrogen-bond donors (Lipinski definition) is 8. The standard InChI is InChI=1S/C42H64O17/c1-19-37(59-39-36(49)34(47)32(45)28(58-39)18-53-17-27-31(44)33(46)35(48)38(50)57-27)26(52-4)15-30(55-19)56-22-7-10-40(2)21(14-22)5-6-25-24(40)8-11-41(3)23(9-12-42(25,41)51)20-13-29(43)54-16-20/h9,13,19,21-22,24-28,30-39,44-51H,5-8,10-12,14-18H2,1-4H3/t19-,21-,22+,24+,25-,26+,27-,28-,30+,31-,32-,33+,34+,35-,36-,37-,38-,39+,40+,41-,42+/m1/s1. The van der Waals surface area contributed by atoms with E-state index in [1.807, 2.05) is 0 Å². The molecular weight excluding hydrogens is 776 g/mol. The maximum atomic E-state index is 12.5. The topological polar surface area (TPSA) is 253 Å². The van der Waals surface area contributed by atoms with Gasteiger partial charge in [-0.3, -0.25) is 0 Å². The minimum Gasteiger partial charge on any atom is -0.458 e. The van der Waals surface area contributed by atoms with Crippen molar-refractivity contribution in [3.8, 4) is 0 Å². The first-order valence-corrected chi connectivity index (χ1v) is 21.4. The Morgan fingerprint density at radius 2 is 1.51 bits per heavy atom. The summed E-state index contributed by atoms with van der Waals surface area (Å²) in [4.78, 5) is 11.9. The lowest BCUT2D eigenvalue weighted by molar-refractivity contribution is -0.347. The zero-order valence-electron chi connectivity index (χ0n) is 34.3. The van der Waals surface area contributed by atoms with E-state index in [-0.39, 0.29) is 43.2 Å². The Balaban J connectivity index is 0.845. The molecule has 0 radical (unpaired) electrons. The van der Waals surface area contributed by atoms with Crippen molar-refractivity contribution >= 4 is 5.97 Å². The average Bonchev–Trinajstić information content (AvgIpc) is 3.76. The Labute approximate surface area is 344 Å². The number of fused-ring (bicyclic) bond motifs is 5. The van der Waals surface area contributed by atoms with Crippen molar-refractivity contribution in [3.05, 3.63) is 23.3 Å². The first-order valence-electron chi connectivity index (χ1n) is 21.4. The molecule has 4 aliphatic carbocycles. The molecule has 0 aromatic heterocycles. The molecule has 17 nitrogen and oxygen atoms in total. The quantitative estimate of drug-likeness (QED) is 0.104. The van der Waals surface area contributed by atoms with Crippen molar-refractivity contribution in [2.75, 3.05) is 26.9 Å². The van der Waals surface area contributed by atoms with Gasteiger partial charge in [0.15, 0.2) is 18.9 Å². The molecule has 17 heteroatoms. The van der Waals surface area contributed by atoms with Crippen LogP contribution in [-0.4, -0.2) is 171 Å². The van der Waals surface area contributed by atoms with Crippen molar-refractivity contribution in [3.63, 3.8) is 0 Å². The first-order chi connectivity index (χ1) is 28.0. The number of hydrogen-bond acceptors (Lipinski definition) is 17. The van der Waals surface area contributed by atoms with Crippen LogP contribution in [0.2, 0.25) is 0 Å². The van der Waals surface area contributed by atoms with Crippen LogP contribution in [0.25, 0.3) is 0 Å². The van der Waals surface area contributed by atoms with Crippen molar-refractivity contribution in [1.29, 1.82) is 0 Å². The van der Waals surface area contributed by atoms with Gasteiger partial charge in [-0.2, -0.15) is 0 Å². The minimum atomic E-state index is -1.74. The molecule has 0 amide bonds. The van der Waals surface area contributed by atoms with E-state index in [0.717, 1.165) is 56.1 Å². The summed E-state index contributed by atoms with van der Waals surface area (Å²) in [6.45, 7) is 5.98. The fourth-order valence-electron chi connectivity index (χ4n) is 12.3. The Bertz CT molecular complexity index is 1590. The monoisotopic (exact) mass is 840 g/mol. The molecule has 6 fully saturated rings. The zero-order chi connectivity index (χ0) is 42.2. The number of cyclic esters (lactones) is 1. The van der Waals surface area contributed by atoms with Gasteiger partial charge in [0.25, 0.3) is 0 Å². The minimum absolute atomic E-state index is 0.0297. The SMILES string of the molecule is CO[C@H]1C[C@H](O[C@H]2CC[C@@]3(C)[C@H](CC[C@@H]4[C@@H]3CC[C@]3(C)C(C5=CC(=O)OC5)=CC[C@]43O)C2)O[C@H](C)[C@H]1O[C@@H]1O[C@H](COC[C@H]2O[C@@H](O)[C@H](O)[C@@H](O)[C@@H]2O)[C@@H](O)[C@H](O)[C@H]1O. The first kappa shape index (κ1) is 44.0. The van der Waals surface area contributed by atoms with Crippen LogP contribution >= 0.6 is 0 Å². The largest absolute Gasteiger partial charge is 0.458 e. The van der Waals surface area contributed by atoms with E-state index in [1.54, 1.807) is 20.1 Å². The number of aliphatic hydroxyl groups is 8. The molecule has 0 spiro atoms. The summed E-state index contributed by atoms with van der Waals surface area (Å²) in [5, 5.41) is 84.5. The molecular formula is C42H64O17. The number of aliphatic hydroxyl groups excluding tert-OH is 7. The third-order valence-corrected chi connectivity index (χ3v) is 15.9. The van der Waals surface area contributed by atoms with Crippen LogP contribution < -0.4 is 0 Å².